The van der Waals surface area contributed by atoms with E-state index in [0.717, 1.165) is 0 Å². The van der Waals surface area contributed by atoms with E-state index in [0.29, 0.717) is 17.5 Å². The molecule has 0 aliphatic heterocycles. The predicted molar refractivity (Wildman–Crippen MR) is 96.0 cm³/mol. The summed E-state index contributed by atoms with van der Waals surface area (Å²) in [5, 5.41) is 0. The highest BCUT2D eigenvalue weighted by molar-refractivity contribution is 6.55. The molecule has 24 heavy (non-hydrogen) atoms. The summed E-state index contributed by atoms with van der Waals surface area (Å²) in [6, 6.07) is 11.7. The van der Waals surface area contributed by atoms with E-state index in [1.807, 2.05) is 12.1 Å². The highest BCUT2D eigenvalue weighted by Gasteiger charge is 2.56. The Labute approximate surface area is 151 Å². The molecular weight excluding hydrogens is 349 g/mol. The third kappa shape index (κ3) is 3.22. The lowest BCUT2D eigenvalue weighted by atomic mass is 9.97. The first-order valence-corrected chi connectivity index (χ1v) is 8.63. The van der Waals surface area contributed by atoms with Crippen LogP contribution in [-0.4, -0.2) is 0 Å². The summed E-state index contributed by atoms with van der Waals surface area (Å²) in [7, 11) is 0. The van der Waals surface area contributed by atoms with Crippen LogP contribution in [0.2, 0.25) is 0 Å². The minimum atomic E-state index is -0.544. The van der Waals surface area contributed by atoms with Crippen molar-refractivity contribution in [1.29, 1.82) is 0 Å². The third-order valence-corrected chi connectivity index (χ3v) is 5.37. The van der Waals surface area contributed by atoms with Gasteiger partial charge in [-0.3, -0.25) is 0 Å². The Morgan fingerprint density at radius 2 is 1.75 bits per heavy atom. The molecule has 1 fully saturated rings. The van der Waals surface area contributed by atoms with E-state index in [1.165, 1.54) is 12.1 Å². The molecule has 0 aromatic heterocycles. The van der Waals surface area contributed by atoms with E-state index in [9.17, 15) is 8.78 Å². The van der Waals surface area contributed by atoms with Crippen LogP contribution < -0.4 is 0 Å². The van der Waals surface area contributed by atoms with Crippen LogP contribution in [0.3, 0.4) is 0 Å². The molecule has 1 aliphatic carbocycles. The molecule has 0 nitrogen and oxygen atoms in total. The van der Waals surface area contributed by atoms with Gasteiger partial charge in [-0.25, -0.2) is 8.78 Å². The van der Waals surface area contributed by atoms with Crippen LogP contribution in [0.1, 0.15) is 19.4 Å². The van der Waals surface area contributed by atoms with E-state index in [4.69, 9.17) is 23.2 Å². The molecule has 0 spiro atoms. The van der Waals surface area contributed by atoms with Gasteiger partial charge >= 0.3 is 0 Å². The second-order valence-corrected chi connectivity index (χ2v) is 7.88. The van der Waals surface area contributed by atoms with Gasteiger partial charge in [-0.05, 0) is 40.9 Å². The van der Waals surface area contributed by atoms with Gasteiger partial charge in [-0.15, -0.1) is 0 Å². The molecule has 0 heterocycles. The zero-order chi connectivity index (χ0) is 17.5. The highest BCUT2D eigenvalue weighted by Crippen LogP contribution is 2.61. The largest absolute Gasteiger partial charge is 0.206 e. The van der Waals surface area contributed by atoms with Crippen molar-refractivity contribution < 1.29 is 8.78 Å². The highest BCUT2D eigenvalue weighted by atomic mass is 35.5. The molecule has 2 aromatic carbocycles. The minimum Gasteiger partial charge on any atom is -0.206 e. The van der Waals surface area contributed by atoms with Crippen molar-refractivity contribution in [3.05, 3.63) is 70.2 Å². The zero-order valence-corrected chi connectivity index (χ0v) is 15.0. The lowest BCUT2D eigenvalue weighted by Gasteiger charge is -2.11. The van der Waals surface area contributed by atoms with Crippen LogP contribution in [0, 0.1) is 28.9 Å². The molecule has 0 radical (unpaired) electrons. The van der Waals surface area contributed by atoms with Crippen molar-refractivity contribution in [3.63, 3.8) is 0 Å². The molecule has 3 rings (SSSR count). The van der Waals surface area contributed by atoms with Crippen molar-refractivity contribution in [1.82, 2.24) is 0 Å². The molecule has 2 atom stereocenters. The Morgan fingerprint density at radius 3 is 2.38 bits per heavy atom. The summed E-state index contributed by atoms with van der Waals surface area (Å²) < 4.78 is 29.4. The number of rotatable bonds is 4. The third-order valence-electron chi connectivity index (χ3n) is 5.12. The van der Waals surface area contributed by atoms with Crippen molar-refractivity contribution in [2.45, 2.75) is 20.3 Å². The number of allylic oxidation sites excluding steroid dienone is 1. The molecule has 2 aromatic rings. The first-order valence-electron chi connectivity index (χ1n) is 7.87. The molecule has 0 unspecified atom stereocenters. The zero-order valence-electron chi connectivity index (χ0n) is 13.5. The Morgan fingerprint density at radius 1 is 1.08 bits per heavy atom. The topological polar surface area (TPSA) is 0 Å². The predicted octanol–water partition coefficient (Wildman–Crippen LogP) is 6.77. The second-order valence-electron chi connectivity index (χ2n) is 6.88. The molecule has 0 N–H and O–H groups in total. The average Bonchev–Trinajstić information content (AvgIpc) is 3.02. The summed E-state index contributed by atoms with van der Waals surface area (Å²) in [4.78, 5) is 0. The van der Waals surface area contributed by atoms with Gasteiger partial charge in [0.05, 0.1) is 5.56 Å². The quantitative estimate of drug-likeness (QED) is 0.560. The smallest absolute Gasteiger partial charge is 0.137 e. The van der Waals surface area contributed by atoms with Crippen LogP contribution in [0.15, 0.2) is 53.0 Å². The molecule has 0 bridgehead atoms. The first kappa shape index (κ1) is 17.4. The van der Waals surface area contributed by atoms with Gasteiger partial charge in [0.15, 0.2) is 0 Å². The number of hydrogen-bond donors (Lipinski definition) is 0. The Hall–Kier alpha value is -1.38. The SMILES string of the molecule is CC1(C)[C@H](C=C(Cl)Cl)[C@@H]1Cc1ccc(F)c(-c2ccccc2)c1F. The monoisotopic (exact) mass is 366 g/mol. The van der Waals surface area contributed by atoms with Crippen molar-refractivity contribution >= 4 is 23.2 Å². The fourth-order valence-corrected chi connectivity index (χ4v) is 3.77. The maximum absolute atomic E-state index is 14.9. The van der Waals surface area contributed by atoms with Gasteiger partial charge in [0, 0.05) is 0 Å². The standard InChI is InChI=1S/C20H18Cl2F2/c1-20(2)14(15(20)11-17(21)22)10-13-8-9-16(23)18(19(13)24)12-6-4-3-5-7-12/h3-9,11,14-15H,10H2,1-2H3/t14-,15+/m0/s1. The van der Waals surface area contributed by atoms with E-state index < -0.39 is 11.6 Å². The van der Waals surface area contributed by atoms with E-state index in [-0.39, 0.29) is 27.3 Å². The molecule has 4 heteroatoms. The summed E-state index contributed by atoms with van der Waals surface area (Å²) >= 11 is 11.5. The molecule has 126 valence electrons. The maximum Gasteiger partial charge on any atom is 0.137 e. The van der Waals surface area contributed by atoms with E-state index in [1.54, 1.807) is 24.3 Å². The lowest BCUT2D eigenvalue weighted by Crippen LogP contribution is -2.01. The lowest BCUT2D eigenvalue weighted by molar-refractivity contribution is 0.532. The van der Waals surface area contributed by atoms with Gasteiger partial charge in [0.25, 0.3) is 0 Å². The Kier molecular flexibility index (Phi) is 4.72. The first-order chi connectivity index (χ1) is 11.3. The number of halogens is 4. The summed E-state index contributed by atoms with van der Waals surface area (Å²) in [5.41, 5.74) is 1.11. The fourth-order valence-electron chi connectivity index (χ4n) is 3.50. The molecule has 1 aliphatic rings. The second kappa shape index (κ2) is 6.50. The molecular formula is C20H18Cl2F2. The van der Waals surface area contributed by atoms with E-state index >= 15 is 0 Å². The van der Waals surface area contributed by atoms with Crippen LogP contribution in [0.5, 0.6) is 0 Å². The molecule has 0 amide bonds. The fraction of sp³-hybridized carbons (Fsp3) is 0.300. The van der Waals surface area contributed by atoms with Crippen LogP contribution >= 0.6 is 23.2 Å². The minimum absolute atomic E-state index is 0.00274. The summed E-state index contributed by atoms with van der Waals surface area (Å²) in [6.07, 6.45) is 2.34. The van der Waals surface area contributed by atoms with Gasteiger partial charge in [0.1, 0.15) is 16.1 Å². The van der Waals surface area contributed by atoms with Crippen molar-refractivity contribution in [3.8, 4) is 11.1 Å². The Balaban J connectivity index is 1.93. The summed E-state index contributed by atoms with van der Waals surface area (Å²) in [6.45, 7) is 4.21. The van der Waals surface area contributed by atoms with Crippen LogP contribution in [-0.2, 0) is 6.42 Å². The average molecular weight is 367 g/mol. The number of benzene rings is 2. The van der Waals surface area contributed by atoms with Crippen LogP contribution in [0.25, 0.3) is 11.1 Å². The van der Waals surface area contributed by atoms with Gasteiger partial charge < -0.3 is 0 Å². The number of hydrogen-bond acceptors (Lipinski definition) is 0. The summed E-state index contributed by atoms with van der Waals surface area (Å²) in [5.74, 6) is -0.595. The van der Waals surface area contributed by atoms with Crippen molar-refractivity contribution in [2.75, 3.05) is 0 Å². The van der Waals surface area contributed by atoms with Crippen molar-refractivity contribution in [2.24, 2.45) is 17.3 Å². The molecule has 0 saturated heterocycles. The Bertz CT molecular complexity index is 778. The van der Waals surface area contributed by atoms with Crippen LogP contribution in [0.4, 0.5) is 8.78 Å². The normalized spacial score (nSPS) is 21.4. The maximum atomic E-state index is 14.9. The van der Waals surface area contributed by atoms with Gasteiger partial charge in [-0.2, -0.15) is 0 Å². The van der Waals surface area contributed by atoms with E-state index in [2.05, 4.69) is 13.8 Å². The van der Waals surface area contributed by atoms with Gasteiger partial charge in [-0.1, -0.05) is 79.5 Å². The van der Waals surface area contributed by atoms with Gasteiger partial charge in [0.2, 0.25) is 0 Å². The molecule has 1 saturated carbocycles.